The monoisotopic (exact) mass is 487 g/mol. The number of sulfonamides is 1. The second-order valence-electron chi connectivity index (χ2n) is 7.00. The molecule has 0 radical (unpaired) electrons. The maximum Gasteiger partial charge on any atom is 0.267 e. The van der Waals surface area contributed by atoms with Gasteiger partial charge in [0.1, 0.15) is 5.75 Å². The quantitative estimate of drug-likeness (QED) is 0.345. The lowest BCUT2D eigenvalue weighted by Gasteiger charge is -2.06. The molecule has 0 atom stereocenters. The maximum absolute atomic E-state index is 12.7. The number of carbonyl (C=O) groups excluding carboxylic acids is 1. The van der Waals surface area contributed by atoms with Gasteiger partial charge in [0.05, 0.1) is 23.4 Å². The summed E-state index contributed by atoms with van der Waals surface area (Å²) in [6, 6.07) is 14.6. The Hall–Kier alpha value is -2.95. The van der Waals surface area contributed by atoms with Gasteiger partial charge in [0.2, 0.25) is 10.0 Å². The van der Waals surface area contributed by atoms with Crippen LogP contribution in [0.1, 0.15) is 23.0 Å². The predicted octanol–water partition coefficient (Wildman–Crippen LogP) is 5.44. The molecule has 0 saturated carbocycles. The van der Waals surface area contributed by atoms with E-state index in [-0.39, 0.29) is 11.7 Å². The number of fused-ring (bicyclic) bond motifs is 1. The Kier molecular flexibility index (Phi) is 6.45. The molecule has 2 N–H and O–H groups in total. The summed E-state index contributed by atoms with van der Waals surface area (Å²) in [5, 5.41) is 6.04. The Bertz CT molecular complexity index is 1360. The molecule has 166 valence electrons. The molecule has 0 aliphatic rings. The zero-order valence-electron chi connectivity index (χ0n) is 17.4. The average molecular weight is 488 g/mol. The van der Waals surface area contributed by atoms with Crippen molar-refractivity contribution in [3.8, 4) is 17.0 Å². The minimum absolute atomic E-state index is 0.0641. The van der Waals surface area contributed by atoms with Crippen molar-refractivity contribution < 1.29 is 17.9 Å². The number of nitrogens with zero attached hydrogens (tertiary/aromatic N) is 1. The Morgan fingerprint density at radius 2 is 1.91 bits per heavy atom. The fourth-order valence-corrected chi connectivity index (χ4v) is 5.88. The number of thiazole rings is 1. The number of thiophene rings is 1. The lowest BCUT2D eigenvalue weighted by molar-refractivity contribution is 0.103. The Labute approximate surface area is 194 Å². The van der Waals surface area contributed by atoms with E-state index in [4.69, 9.17) is 4.74 Å². The molecule has 4 aromatic rings. The van der Waals surface area contributed by atoms with E-state index < -0.39 is 10.0 Å². The highest BCUT2D eigenvalue weighted by atomic mass is 32.2. The fraction of sp³-hybridized carbons (Fsp3) is 0.182. The molecule has 2 heterocycles. The first-order valence-corrected chi connectivity index (χ1v) is 13.2. The van der Waals surface area contributed by atoms with Gasteiger partial charge in [-0.05, 0) is 60.3 Å². The van der Waals surface area contributed by atoms with Crippen LogP contribution in [0.15, 0.2) is 53.9 Å². The van der Waals surface area contributed by atoms with E-state index in [1.54, 1.807) is 25.3 Å². The zero-order valence-corrected chi connectivity index (χ0v) is 19.9. The van der Waals surface area contributed by atoms with Gasteiger partial charge in [0.25, 0.3) is 5.91 Å². The average Bonchev–Trinajstić information content (AvgIpc) is 3.40. The number of hydrogen-bond donors (Lipinski definition) is 2. The van der Waals surface area contributed by atoms with Crippen LogP contribution in [-0.4, -0.2) is 32.2 Å². The second-order valence-corrected chi connectivity index (χ2v) is 10.8. The topological polar surface area (TPSA) is 97.4 Å². The molecule has 4 rings (SSSR count). The lowest BCUT2D eigenvalue weighted by atomic mass is 10.2. The molecule has 32 heavy (non-hydrogen) atoms. The molecular formula is C22H21N3O4S3. The molecule has 0 aliphatic carbocycles. The number of rotatable bonds is 8. The Morgan fingerprint density at radius 3 is 2.62 bits per heavy atom. The maximum atomic E-state index is 12.7. The third-order valence-electron chi connectivity index (χ3n) is 4.60. The van der Waals surface area contributed by atoms with Gasteiger partial charge in [-0.1, -0.05) is 6.92 Å². The molecule has 1 amide bonds. The molecule has 0 unspecified atom stereocenters. The summed E-state index contributed by atoms with van der Waals surface area (Å²) in [4.78, 5) is 17.8. The van der Waals surface area contributed by atoms with Crippen molar-refractivity contribution in [2.75, 3.05) is 22.9 Å². The number of benzene rings is 2. The third kappa shape index (κ3) is 5.09. The van der Waals surface area contributed by atoms with Crippen LogP contribution in [0.5, 0.6) is 5.75 Å². The third-order valence-corrected chi connectivity index (χ3v) is 7.96. The van der Waals surface area contributed by atoms with Crippen molar-refractivity contribution in [2.24, 2.45) is 0 Å². The van der Waals surface area contributed by atoms with E-state index in [2.05, 4.69) is 15.0 Å². The molecule has 0 spiro atoms. The van der Waals surface area contributed by atoms with Gasteiger partial charge in [-0.2, -0.15) is 0 Å². The van der Waals surface area contributed by atoms with Crippen molar-refractivity contribution in [1.82, 2.24) is 4.98 Å². The summed E-state index contributed by atoms with van der Waals surface area (Å²) in [5.74, 6) is 0.577. The molecule has 0 bridgehead atoms. The van der Waals surface area contributed by atoms with Gasteiger partial charge in [0.15, 0.2) is 5.13 Å². The van der Waals surface area contributed by atoms with E-state index in [1.165, 1.54) is 22.7 Å². The predicted molar refractivity (Wildman–Crippen MR) is 132 cm³/mol. The number of ether oxygens (including phenoxy) is 1. The van der Waals surface area contributed by atoms with Crippen molar-refractivity contribution in [3.05, 3.63) is 58.8 Å². The molecule has 0 saturated heterocycles. The van der Waals surface area contributed by atoms with Crippen molar-refractivity contribution in [1.29, 1.82) is 0 Å². The summed E-state index contributed by atoms with van der Waals surface area (Å²) in [7, 11) is -1.75. The van der Waals surface area contributed by atoms with Crippen LogP contribution >= 0.6 is 22.7 Å². The van der Waals surface area contributed by atoms with Gasteiger partial charge < -0.3 is 4.74 Å². The fourth-order valence-electron chi connectivity index (χ4n) is 3.10. The lowest BCUT2D eigenvalue weighted by Crippen LogP contribution is -2.15. The summed E-state index contributed by atoms with van der Waals surface area (Å²) < 4.78 is 32.7. The van der Waals surface area contributed by atoms with Gasteiger partial charge in [-0.3, -0.25) is 14.8 Å². The van der Waals surface area contributed by atoms with E-state index in [1.807, 2.05) is 42.6 Å². The molecule has 0 aliphatic heterocycles. The Balaban J connectivity index is 1.48. The normalized spacial score (nSPS) is 11.4. The van der Waals surface area contributed by atoms with Crippen LogP contribution in [0, 0.1) is 0 Å². The molecule has 2 aromatic carbocycles. The zero-order chi connectivity index (χ0) is 22.7. The van der Waals surface area contributed by atoms with Crippen molar-refractivity contribution in [3.63, 3.8) is 0 Å². The molecule has 0 fully saturated rings. The smallest absolute Gasteiger partial charge is 0.267 e. The number of methoxy groups -OCH3 is 1. The summed E-state index contributed by atoms with van der Waals surface area (Å²) >= 11 is 2.69. The first kappa shape index (κ1) is 22.3. The molecule has 2 aromatic heterocycles. The largest absolute Gasteiger partial charge is 0.497 e. The van der Waals surface area contributed by atoms with Gasteiger partial charge in [-0.15, -0.1) is 22.7 Å². The van der Waals surface area contributed by atoms with Crippen LogP contribution < -0.4 is 14.8 Å². The SMILES string of the molecule is CCCS(=O)(=O)Nc1ccc2sc(C(=O)Nc3nc(-c4ccc(OC)cc4)cs3)cc2c1. The van der Waals surface area contributed by atoms with E-state index >= 15 is 0 Å². The number of carbonyl (C=O) groups is 1. The molecule has 7 nitrogen and oxygen atoms in total. The van der Waals surface area contributed by atoms with Crippen molar-refractivity contribution in [2.45, 2.75) is 13.3 Å². The summed E-state index contributed by atoms with van der Waals surface area (Å²) in [6.07, 6.45) is 0.539. The second kappa shape index (κ2) is 9.27. The molecular weight excluding hydrogens is 466 g/mol. The Morgan fingerprint density at radius 1 is 1.12 bits per heavy atom. The summed E-state index contributed by atoms with van der Waals surface area (Å²) in [6.45, 7) is 1.81. The number of aromatic nitrogens is 1. The minimum Gasteiger partial charge on any atom is -0.497 e. The highest BCUT2D eigenvalue weighted by molar-refractivity contribution is 7.92. The first-order chi connectivity index (χ1) is 15.4. The number of anilines is 2. The number of hydrogen-bond acceptors (Lipinski definition) is 7. The highest BCUT2D eigenvalue weighted by Crippen LogP contribution is 2.30. The first-order valence-electron chi connectivity index (χ1n) is 9.82. The van der Waals surface area contributed by atoms with E-state index in [0.717, 1.165) is 27.1 Å². The van der Waals surface area contributed by atoms with Gasteiger partial charge in [0, 0.05) is 21.3 Å². The van der Waals surface area contributed by atoms with Gasteiger partial charge in [-0.25, -0.2) is 13.4 Å². The van der Waals surface area contributed by atoms with Crippen LogP contribution in [0.3, 0.4) is 0 Å². The highest BCUT2D eigenvalue weighted by Gasteiger charge is 2.15. The molecule has 10 heteroatoms. The number of nitrogens with one attached hydrogen (secondary N) is 2. The van der Waals surface area contributed by atoms with E-state index in [9.17, 15) is 13.2 Å². The van der Waals surface area contributed by atoms with Crippen molar-refractivity contribution >= 4 is 59.5 Å². The van der Waals surface area contributed by atoms with Crippen LogP contribution in [0.4, 0.5) is 10.8 Å². The van der Waals surface area contributed by atoms with Crippen LogP contribution in [0.2, 0.25) is 0 Å². The van der Waals surface area contributed by atoms with Crippen LogP contribution in [-0.2, 0) is 10.0 Å². The standard InChI is InChI=1S/C22H21N3O4S3/c1-3-10-32(27,28)25-16-6-9-19-15(11-16)12-20(31-19)21(26)24-22-23-18(13-30-22)14-4-7-17(29-2)8-5-14/h4-9,11-13,25H,3,10H2,1-2H3,(H,23,24,26). The van der Waals surface area contributed by atoms with Crippen LogP contribution in [0.25, 0.3) is 21.3 Å². The summed E-state index contributed by atoms with van der Waals surface area (Å²) in [5.41, 5.74) is 2.19. The van der Waals surface area contributed by atoms with E-state index in [0.29, 0.717) is 22.1 Å². The minimum atomic E-state index is -3.37. The number of amides is 1. The van der Waals surface area contributed by atoms with Gasteiger partial charge >= 0.3 is 0 Å².